The van der Waals surface area contributed by atoms with E-state index in [1.165, 1.54) is 5.56 Å². The van der Waals surface area contributed by atoms with Crippen molar-refractivity contribution in [3.8, 4) is 39.6 Å². The van der Waals surface area contributed by atoms with Gasteiger partial charge in [0.25, 0.3) is 0 Å². The Kier molecular flexibility index (Phi) is 5.39. The minimum atomic E-state index is -0.0942. The van der Waals surface area contributed by atoms with Crippen LogP contribution in [-0.2, 0) is 5.41 Å². The summed E-state index contributed by atoms with van der Waals surface area (Å²) in [7, 11) is 0. The van der Waals surface area contributed by atoms with Gasteiger partial charge < -0.3 is 4.42 Å². The highest BCUT2D eigenvalue weighted by Crippen LogP contribution is 2.45. The number of hydrogen-bond donors (Lipinski definition) is 0. The largest absolute Gasteiger partial charge is 0.455 e. The molecule has 0 aliphatic heterocycles. The van der Waals surface area contributed by atoms with Crippen molar-refractivity contribution in [1.82, 2.24) is 4.98 Å². The Morgan fingerprint density at radius 3 is 2.08 bits per heavy atom. The Hall–Kier alpha value is -4.68. The fraction of sp³-hybridized carbons (Fsp3) is 0.118. The van der Waals surface area contributed by atoms with E-state index in [0.717, 1.165) is 55.4 Å². The lowest BCUT2D eigenvalue weighted by atomic mass is 9.83. The van der Waals surface area contributed by atoms with Crippen molar-refractivity contribution in [2.45, 2.75) is 26.2 Å². The minimum absolute atomic E-state index is 0.0942. The Morgan fingerprint density at radius 2 is 1.41 bits per heavy atom. The molecular weight excluding hydrogens is 452 g/mol. The lowest BCUT2D eigenvalue weighted by Gasteiger charge is -2.21. The van der Waals surface area contributed by atoms with Gasteiger partial charge >= 0.3 is 0 Å². The summed E-state index contributed by atoms with van der Waals surface area (Å²) < 4.78 is 6.73. The van der Waals surface area contributed by atoms with Crippen LogP contribution in [0.25, 0.3) is 55.4 Å². The van der Waals surface area contributed by atoms with Crippen molar-refractivity contribution in [3.63, 3.8) is 0 Å². The van der Waals surface area contributed by atoms with Crippen LogP contribution in [0.3, 0.4) is 0 Å². The molecule has 37 heavy (non-hydrogen) atoms. The molecule has 0 saturated carbocycles. The highest BCUT2D eigenvalue weighted by atomic mass is 16.3. The molecule has 0 aliphatic rings. The van der Waals surface area contributed by atoms with Crippen molar-refractivity contribution in [2.75, 3.05) is 0 Å². The molecule has 0 N–H and O–H groups in total. The van der Waals surface area contributed by atoms with Gasteiger partial charge in [0.1, 0.15) is 11.2 Å². The highest BCUT2D eigenvalue weighted by Gasteiger charge is 2.25. The summed E-state index contributed by atoms with van der Waals surface area (Å²) >= 11 is 0. The molecule has 4 aromatic carbocycles. The lowest BCUT2D eigenvalue weighted by Crippen LogP contribution is -2.11. The first kappa shape index (κ1) is 22.8. The first-order chi connectivity index (χ1) is 18.0. The topological polar surface area (TPSA) is 49.8 Å². The first-order valence-electron chi connectivity index (χ1n) is 12.5. The Balaban J connectivity index is 1.65. The number of fused-ring (bicyclic) bond motifs is 3. The molecule has 2 aromatic heterocycles. The van der Waals surface area contributed by atoms with Crippen LogP contribution in [0.2, 0.25) is 0 Å². The smallest absolute Gasteiger partial charge is 0.145 e. The van der Waals surface area contributed by atoms with Gasteiger partial charge in [-0.15, -0.1) is 0 Å². The third kappa shape index (κ3) is 3.88. The molecule has 0 spiro atoms. The maximum absolute atomic E-state index is 10.1. The van der Waals surface area contributed by atoms with Crippen LogP contribution < -0.4 is 0 Å². The average molecular weight is 479 g/mol. The van der Waals surface area contributed by atoms with E-state index < -0.39 is 0 Å². The summed E-state index contributed by atoms with van der Waals surface area (Å²) in [6.45, 7) is 6.65. The normalized spacial score (nSPS) is 11.6. The van der Waals surface area contributed by atoms with Gasteiger partial charge in [-0.25, -0.2) is 0 Å². The SMILES string of the molecule is CC(C)(C)c1ccc(-c2ccccn2)c2oc3c(-c4ccc(-c5ccccc5)cc4)c(C#N)ccc3c12. The average Bonchev–Trinajstić information content (AvgIpc) is 3.32. The molecule has 3 heteroatoms. The number of aromatic nitrogens is 1. The molecule has 6 rings (SSSR count). The molecule has 6 aromatic rings. The maximum Gasteiger partial charge on any atom is 0.145 e. The number of furan rings is 1. The zero-order valence-corrected chi connectivity index (χ0v) is 21.1. The van der Waals surface area contributed by atoms with Crippen LogP contribution in [0.5, 0.6) is 0 Å². The summed E-state index contributed by atoms with van der Waals surface area (Å²) in [5.74, 6) is 0. The molecular formula is C34H26N2O. The highest BCUT2D eigenvalue weighted by molar-refractivity contribution is 6.15. The molecule has 0 atom stereocenters. The lowest BCUT2D eigenvalue weighted by molar-refractivity contribution is 0.595. The minimum Gasteiger partial charge on any atom is -0.455 e. The molecule has 0 saturated heterocycles. The zero-order chi connectivity index (χ0) is 25.6. The predicted molar refractivity (Wildman–Crippen MR) is 151 cm³/mol. The van der Waals surface area contributed by atoms with Crippen molar-refractivity contribution in [1.29, 1.82) is 5.26 Å². The van der Waals surface area contributed by atoms with Crippen molar-refractivity contribution in [3.05, 3.63) is 114 Å². The van der Waals surface area contributed by atoms with Gasteiger partial charge in [0.05, 0.1) is 17.3 Å². The fourth-order valence-corrected chi connectivity index (χ4v) is 5.13. The van der Waals surface area contributed by atoms with E-state index in [9.17, 15) is 5.26 Å². The van der Waals surface area contributed by atoms with Gasteiger partial charge in [-0.2, -0.15) is 5.26 Å². The maximum atomic E-state index is 10.1. The van der Waals surface area contributed by atoms with Crippen LogP contribution in [-0.4, -0.2) is 4.98 Å². The second kappa shape index (κ2) is 8.76. The van der Waals surface area contributed by atoms with Gasteiger partial charge in [0.15, 0.2) is 0 Å². The number of nitriles is 1. The van der Waals surface area contributed by atoms with E-state index in [1.54, 1.807) is 6.20 Å². The van der Waals surface area contributed by atoms with Crippen LogP contribution >= 0.6 is 0 Å². The zero-order valence-electron chi connectivity index (χ0n) is 21.1. The summed E-state index contributed by atoms with van der Waals surface area (Å²) in [5, 5.41) is 12.2. The fourth-order valence-electron chi connectivity index (χ4n) is 5.13. The standard InChI is InChI=1S/C34H26N2O/c1-34(2,3)28-19-18-26(29-11-7-8-20-36-29)32-31(28)27-17-16-25(21-35)30(33(27)37-32)24-14-12-23(13-15-24)22-9-5-4-6-10-22/h4-20H,1-3H3. The quantitative estimate of drug-likeness (QED) is 0.255. The molecule has 0 amide bonds. The summed E-state index contributed by atoms with van der Waals surface area (Å²) in [4.78, 5) is 4.60. The molecule has 0 bridgehead atoms. The van der Waals surface area contributed by atoms with Crippen molar-refractivity contribution >= 4 is 21.9 Å². The monoisotopic (exact) mass is 478 g/mol. The van der Waals surface area contributed by atoms with Gasteiger partial charge in [-0.1, -0.05) is 87.5 Å². The molecule has 178 valence electrons. The molecule has 0 unspecified atom stereocenters. The van der Waals surface area contributed by atoms with E-state index in [4.69, 9.17) is 4.42 Å². The van der Waals surface area contributed by atoms with Gasteiger partial charge in [-0.05, 0) is 58.0 Å². The van der Waals surface area contributed by atoms with Crippen molar-refractivity contribution in [2.24, 2.45) is 0 Å². The third-order valence-corrected chi connectivity index (χ3v) is 6.94. The molecule has 0 aliphatic carbocycles. The molecule has 2 heterocycles. The number of hydrogen-bond acceptors (Lipinski definition) is 3. The van der Waals surface area contributed by atoms with E-state index in [0.29, 0.717) is 5.56 Å². The second-order valence-corrected chi connectivity index (χ2v) is 10.4. The van der Waals surface area contributed by atoms with Crippen LogP contribution in [0.4, 0.5) is 0 Å². The Labute approximate surface area is 216 Å². The number of benzene rings is 4. The van der Waals surface area contributed by atoms with Gasteiger partial charge in [0.2, 0.25) is 0 Å². The number of pyridine rings is 1. The number of nitrogens with zero attached hydrogens (tertiary/aromatic N) is 2. The van der Waals surface area contributed by atoms with E-state index in [1.807, 2.05) is 48.5 Å². The Bertz CT molecular complexity index is 1780. The molecule has 0 fully saturated rings. The van der Waals surface area contributed by atoms with Crippen LogP contribution in [0.15, 0.2) is 108 Å². The molecule has 3 nitrogen and oxygen atoms in total. The summed E-state index contributed by atoms with van der Waals surface area (Å²) in [6, 6.07) is 35.2. The summed E-state index contributed by atoms with van der Waals surface area (Å²) in [6.07, 6.45) is 1.80. The van der Waals surface area contributed by atoms with E-state index in [2.05, 4.69) is 80.4 Å². The number of rotatable bonds is 3. The summed E-state index contributed by atoms with van der Waals surface area (Å²) in [5.41, 5.74) is 9.12. The van der Waals surface area contributed by atoms with Crippen LogP contribution in [0.1, 0.15) is 31.9 Å². The van der Waals surface area contributed by atoms with Gasteiger partial charge in [-0.3, -0.25) is 4.98 Å². The van der Waals surface area contributed by atoms with E-state index in [-0.39, 0.29) is 5.41 Å². The molecule has 0 radical (unpaired) electrons. The van der Waals surface area contributed by atoms with Crippen LogP contribution in [0, 0.1) is 11.3 Å². The second-order valence-electron chi connectivity index (χ2n) is 10.4. The predicted octanol–water partition coefficient (Wildman–Crippen LogP) is 9.15. The third-order valence-electron chi connectivity index (χ3n) is 6.94. The van der Waals surface area contributed by atoms with Crippen molar-refractivity contribution < 1.29 is 4.42 Å². The first-order valence-corrected chi connectivity index (χ1v) is 12.5. The van der Waals surface area contributed by atoms with Gasteiger partial charge in [0, 0.05) is 28.1 Å². The van der Waals surface area contributed by atoms with E-state index >= 15 is 0 Å². The Morgan fingerprint density at radius 1 is 0.703 bits per heavy atom.